The molecule has 0 atom stereocenters. The number of anilines is 1. The van der Waals surface area contributed by atoms with E-state index in [0.29, 0.717) is 12.1 Å². The highest BCUT2D eigenvalue weighted by Gasteiger charge is 2.29. The van der Waals surface area contributed by atoms with Gasteiger partial charge in [-0.2, -0.15) is 0 Å². The molecular weight excluding hydrogens is 240 g/mol. The van der Waals surface area contributed by atoms with E-state index in [9.17, 15) is 4.79 Å². The number of nitrogens with two attached hydrogens (primary N) is 1. The second-order valence-corrected chi connectivity index (χ2v) is 5.73. The van der Waals surface area contributed by atoms with Crippen molar-refractivity contribution >= 4 is 11.7 Å². The molecule has 3 N–H and O–H groups in total. The second-order valence-electron chi connectivity index (χ2n) is 5.73. The number of piperidine rings is 1. The molecule has 0 aliphatic carbocycles. The number of nitrogens with zero attached hydrogens (tertiary/aromatic N) is 2. The summed E-state index contributed by atoms with van der Waals surface area (Å²) in [5, 5.41) is 2.99. The third-order valence-electron chi connectivity index (χ3n) is 3.95. The molecule has 0 bridgehead atoms. The zero-order valence-corrected chi connectivity index (χ0v) is 11.6. The summed E-state index contributed by atoms with van der Waals surface area (Å²) in [7, 11) is 2.13. The van der Waals surface area contributed by atoms with Crippen LogP contribution in [0.4, 0.5) is 5.82 Å². The number of rotatable bonds is 3. The fourth-order valence-corrected chi connectivity index (χ4v) is 2.33. The van der Waals surface area contributed by atoms with Gasteiger partial charge in [-0.25, -0.2) is 4.98 Å². The van der Waals surface area contributed by atoms with Crippen LogP contribution < -0.4 is 11.1 Å². The Morgan fingerprint density at radius 2 is 2.21 bits per heavy atom. The number of carbonyl (C=O) groups is 1. The summed E-state index contributed by atoms with van der Waals surface area (Å²) in [4.78, 5) is 18.3. The van der Waals surface area contributed by atoms with Crippen molar-refractivity contribution in [1.82, 2.24) is 15.2 Å². The van der Waals surface area contributed by atoms with Crippen molar-refractivity contribution in [3.63, 3.8) is 0 Å². The predicted octanol–water partition coefficient (Wildman–Crippen LogP) is 1.13. The van der Waals surface area contributed by atoms with Crippen LogP contribution in [0.15, 0.2) is 18.3 Å². The molecule has 1 aromatic rings. The second kappa shape index (κ2) is 5.57. The Morgan fingerprint density at radius 3 is 2.84 bits per heavy atom. The van der Waals surface area contributed by atoms with Crippen molar-refractivity contribution in [3.05, 3.63) is 23.9 Å². The normalized spacial score (nSPS) is 19.1. The zero-order valence-electron chi connectivity index (χ0n) is 11.6. The highest BCUT2D eigenvalue weighted by molar-refractivity contribution is 5.98. The van der Waals surface area contributed by atoms with E-state index in [-0.39, 0.29) is 17.1 Å². The maximum Gasteiger partial charge on any atom is 0.255 e. The van der Waals surface area contributed by atoms with Gasteiger partial charge in [-0.1, -0.05) is 6.92 Å². The number of amides is 1. The Kier molecular flexibility index (Phi) is 4.04. The molecule has 1 fully saturated rings. The average molecular weight is 262 g/mol. The molecule has 104 valence electrons. The molecule has 1 amide bonds. The first-order chi connectivity index (χ1) is 9.00. The molecule has 1 saturated heterocycles. The van der Waals surface area contributed by atoms with Gasteiger partial charge in [0.1, 0.15) is 5.82 Å². The number of carbonyl (C=O) groups excluding carboxylic acids is 1. The minimum Gasteiger partial charge on any atom is -0.383 e. The van der Waals surface area contributed by atoms with E-state index in [4.69, 9.17) is 5.73 Å². The molecule has 0 saturated carbocycles. The molecule has 2 rings (SSSR count). The largest absolute Gasteiger partial charge is 0.383 e. The number of hydrogen-bond donors (Lipinski definition) is 2. The molecule has 19 heavy (non-hydrogen) atoms. The summed E-state index contributed by atoms with van der Waals surface area (Å²) >= 11 is 0. The summed E-state index contributed by atoms with van der Waals surface area (Å²) in [5.41, 5.74) is 6.34. The monoisotopic (exact) mass is 262 g/mol. The highest BCUT2D eigenvalue weighted by Crippen LogP contribution is 2.29. The van der Waals surface area contributed by atoms with Gasteiger partial charge in [-0.05, 0) is 50.5 Å². The lowest BCUT2D eigenvalue weighted by Gasteiger charge is -2.37. The molecule has 0 aromatic carbocycles. The fourth-order valence-electron chi connectivity index (χ4n) is 2.33. The average Bonchev–Trinajstić information content (AvgIpc) is 2.41. The van der Waals surface area contributed by atoms with Crippen molar-refractivity contribution < 1.29 is 4.79 Å². The lowest BCUT2D eigenvalue weighted by Crippen LogP contribution is -2.43. The number of pyridine rings is 1. The summed E-state index contributed by atoms with van der Waals surface area (Å²) in [6, 6.07) is 3.43. The number of hydrogen-bond acceptors (Lipinski definition) is 4. The van der Waals surface area contributed by atoms with Crippen LogP contribution in [0.1, 0.15) is 30.1 Å². The van der Waals surface area contributed by atoms with Crippen LogP contribution in [-0.2, 0) is 0 Å². The van der Waals surface area contributed by atoms with Gasteiger partial charge in [0, 0.05) is 12.7 Å². The van der Waals surface area contributed by atoms with E-state index >= 15 is 0 Å². The highest BCUT2D eigenvalue weighted by atomic mass is 16.1. The Labute approximate surface area is 114 Å². The van der Waals surface area contributed by atoms with E-state index in [1.54, 1.807) is 18.3 Å². The van der Waals surface area contributed by atoms with Crippen LogP contribution in [-0.4, -0.2) is 42.5 Å². The van der Waals surface area contributed by atoms with Crippen LogP contribution >= 0.6 is 0 Å². The van der Waals surface area contributed by atoms with E-state index < -0.39 is 0 Å². The van der Waals surface area contributed by atoms with Crippen molar-refractivity contribution in [2.24, 2.45) is 5.41 Å². The van der Waals surface area contributed by atoms with Gasteiger partial charge in [0.15, 0.2) is 0 Å². The Morgan fingerprint density at radius 1 is 1.53 bits per heavy atom. The number of likely N-dealkylation sites (tertiary alicyclic amines) is 1. The molecule has 0 spiro atoms. The molecule has 1 aliphatic rings. The molecule has 5 nitrogen and oxygen atoms in total. The molecule has 1 aliphatic heterocycles. The lowest BCUT2D eigenvalue weighted by molar-refractivity contribution is 0.0892. The lowest BCUT2D eigenvalue weighted by atomic mass is 9.80. The first-order valence-corrected chi connectivity index (χ1v) is 6.67. The molecule has 1 aromatic heterocycles. The molecule has 0 unspecified atom stereocenters. The first-order valence-electron chi connectivity index (χ1n) is 6.67. The smallest absolute Gasteiger partial charge is 0.255 e. The van der Waals surface area contributed by atoms with Crippen LogP contribution in [0, 0.1) is 5.41 Å². The van der Waals surface area contributed by atoms with Gasteiger partial charge >= 0.3 is 0 Å². The van der Waals surface area contributed by atoms with Crippen molar-refractivity contribution in [1.29, 1.82) is 0 Å². The van der Waals surface area contributed by atoms with Gasteiger partial charge in [0.05, 0.1) is 5.56 Å². The maximum absolute atomic E-state index is 12.1. The summed E-state index contributed by atoms with van der Waals surface area (Å²) in [6.45, 7) is 5.09. The van der Waals surface area contributed by atoms with Gasteiger partial charge in [-0.15, -0.1) is 0 Å². The van der Waals surface area contributed by atoms with Gasteiger partial charge in [0.25, 0.3) is 5.91 Å². The van der Waals surface area contributed by atoms with Gasteiger partial charge < -0.3 is 16.0 Å². The van der Waals surface area contributed by atoms with Crippen molar-refractivity contribution in [3.8, 4) is 0 Å². The minimum atomic E-state index is -0.134. The summed E-state index contributed by atoms with van der Waals surface area (Å²) in [5.74, 6) is 0.152. The Hall–Kier alpha value is -1.62. The van der Waals surface area contributed by atoms with E-state index in [1.807, 2.05) is 0 Å². The van der Waals surface area contributed by atoms with Crippen LogP contribution in [0.3, 0.4) is 0 Å². The van der Waals surface area contributed by atoms with Crippen LogP contribution in [0.25, 0.3) is 0 Å². The Balaban J connectivity index is 1.92. The van der Waals surface area contributed by atoms with Crippen molar-refractivity contribution in [2.45, 2.75) is 19.8 Å². The Bertz CT molecular complexity index is 453. The van der Waals surface area contributed by atoms with E-state index in [0.717, 1.165) is 25.9 Å². The summed E-state index contributed by atoms with van der Waals surface area (Å²) in [6.07, 6.45) is 3.79. The SMILES string of the molecule is CN1CCC(C)(CNC(=O)c2cccnc2N)CC1. The quantitative estimate of drug-likeness (QED) is 0.856. The topological polar surface area (TPSA) is 71.2 Å². The van der Waals surface area contributed by atoms with Crippen LogP contribution in [0.2, 0.25) is 0 Å². The third-order valence-corrected chi connectivity index (χ3v) is 3.95. The molecular formula is C14H22N4O. The molecule has 0 radical (unpaired) electrons. The number of aromatic nitrogens is 1. The van der Waals surface area contributed by atoms with Crippen molar-refractivity contribution in [2.75, 3.05) is 32.4 Å². The molecule has 2 heterocycles. The van der Waals surface area contributed by atoms with E-state index in [2.05, 4.69) is 29.2 Å². The van der Waals surface area contributed by atoms with Gasteiger partial charge in [-0.3, -0.25) is 4.79 Å². The third kappa shape index (κ3) is 3.44. The first kappa shape index (κ1) is 13.8. The van der Waals surface area contributed by atoms with Gasteiger partial charge in [0.2, 0.25) is 0 Å². The maximum atomic E-state index is 12.1. The fraction of sp³-hybridized carbons (Fsp3) is 0.571. The van der Waals surface area contributed by atoms with Crippen LogP contribution in [0.5, 0.6) is 0 Å². The number of nitrogens with one attached hydrogen (secondary N) is 1. The molecule has 5 heteroatoms. The predicted molar refractivity (Wildman–Crippen MR) is 75.8 cm³/mol. The zero-order chi connectivity index (χ0) is 13.9. The van der Waals surface area contributed by atoms with E-state index in [1.165, 1.54) is 0 Å². The summed E-state index contributed by atoms with van der Waals surface area (Å²) < 4.78 is 0. The number of nitrogen functional groups attached to an aromatic ring is 1. The minimum absolute atomic E-state index is 0.134. The standard InChI is InChI=1S/C14H22N4O/c1-14(5-8-18(2)9-6-14)10-17-13(19)11-4-3-7-16-12(11)15/h3-4,7H,5-6,8-10H2,1-2H3,(H2,15,16)(H,17,19).